The average Bonchev–Trinajstić information content (AvgIpc) is 2.89. The third-order valence-corrected chi connectivity index (χ3v) is 4.10. The molecule has 20 heavy (non-hydrogen) atoms. The van der Waals surface area contributed by atoms with Crippen LogP contribution >= 0.6 is 0 Å². The molecule has 1 atom stereocenters. The van der Waals surface area contributed by atoms with Crippen molar-refractivity contribution in [3.8, 4) is 0 Å². The van der Waals surface area contributed by atoms with Crippen molar-refractivity contribution in [3.63, 3.8) is 0 Å². The van der Waals surface area contributed by atoms with E-state index in [-0.39, 0.29) is 0 Å². The number of morpholine rings is 1. The maximum atomic E-state index is 11.2. The van der Waals surface area contributed by atoms with Crippen molar-refractivity contribution in [2.45, 2.75) is 31.7 Å². The van der Waals surface area contributed by atoms with Crippen LogP contribution in [-0.2, 0) is 22.5 Å². The Hall–Kier alpha value is -1.47. The standard InChI is InChI=1S/C13H20N4O3/c18-13(19)10-2-1-4-17-11(14-15-12(10)17)3-5-16-6-8-20-9-7-16/h10H,1-9H2,(H,18,19). The highest BCUT2D eigenvalue weighted by atomic mass is 16.5. The van der Waals surface area contributed by atoms with Crippen LogP contribution in [0.5, 0.6) is 0 Å². The van der Waals surface area contributed by atoms with Crippen molar-refractivity contribution in [2.24, 2.45) is 0 Å². The first-order valence-corrected chi connectivity index (χ1v) is 7.20. The Kier molecular flexibility index (Phi) is 3.98. The number of fused-ring (bicyclic) bond motifs is 1. The Morgan fingerprint density at radius 3 is 2.85 bits per heavy atom. The molecule has 1 unspecified atom stereocenters. The molecule has 0 saturated carbocycles. The summed E-state index contributed by atoms with van der Waals surface area (Å²) in [5, 5.41) is 17.5. The Bertz CT molecular complexity index is 482. The van der Waals surface area contributed by atoms with Crippen molar-refractivity contribution in [1.82, 2.24) is 19.7 Å². The molecule has 3 rings (SSSR count). The number of hydrogen-bond acceptors (Lipinski definition) is 5. The van der Waals surface area contributed by atoms with Crippen LogP contribution in [0.25, 0.3) is 0 Å². The highest BCUT2D eigenvalue weighted by molar-refractivity contribution is 5.75. The molecule has 2 aliphatic rings. The molecule has 0 radical (unpaired) electrons. The molecule has 110 valence electrons. The van der Waals surface area contributed by atoms with Gasteiger partial charge >= 0.3 is 5.97 Å². The van der Waals surface area contributed by atoms with Crippen LogP contribution in [0.2, 0.25) is 0 Å². The van der Waals surface area contributed by atoms with Crippen LogP contribution in [0.1, 0.15) is 30.4 Å². The number of carboxylic acid groups (broad SMARTS) is 1. The first kappa shape index (κ1) is 13.5. The molecule has 1 N–H and O–H groups in total. The van der Waals surface area contributed by atoms with E-state index in [0.29, 0.717) is 12.2 Å². The number of nitrogens with zero attached hydrogens (tertiary/aromatic N) is 4. The lowest BCUT2D eigenvalue weighted by atomic mass is 9.99. The summed E-state index contributed by atoms with van der Waals surface area (Å²) in [5.41, 5.74) is 0. The van der Waals surface area contributed by atoms with Gasteiger partial charge in [-0.25, -0.2) is 0 Å². The lowest BCUT2D eigenvalue weighted by molar-refractivity contribution is -0.139. The molecule has 1 fully saturated rings. The van der Waals surface area contributed by atoms with E-state index < -0.39 is 11.9 Å². The van der Waals surface area contributed by atoms with E-state index in [1.165, 1.54) is 0 Å². The predicted octanol–water partition coefficient (Wildman–Crippen LogP) is 0.115. The van der Waals surface area contributed by atoms with E-state index in [2.05, 4.69) is 15.1 Å². The topological polar surface area (TPSA) is 80.5 Å². The SMILES string of the molecule is O=C(O)C1CCCn2c(CCN3CCOCC3)nnc21. The summed E-state index contributed by atoms with van der Waals surface area (Å²) in [6.45, 7) is 5.26. The van der Waals surface area contributed by atoms with Crippen LogP contribution in [-0.4, -0.2) is 63.6 Å². The molecule has 0 amide bonds. The average molecular weight is 280 g/mol. The molecule has 7 nitrogen and oxygen atoms in total. The first-order chi connectivity index (χ1) is 9.75. The molecule has 1 aromatic heterocycles. The summed E-state index contributed by atoms with van der Waals surface area (Å²) in [4.78, 5) is 13.6. The molecule has 0 spiro atoms. The smallest absolute Gasteiger partial charge is 0.314 e. The maximum absolute atomic E-state index is 11.2. The van der Waals surface area contributed by atoms with Gasteiger partial charge in [0.15, 0.2) is 0 Å². The molecule has 1 aromatic rings. The number of rotatable bonds is 4. The molecule has 0 aromatic carbocycles. The van der Waals surface area contributed by atoms with Crippen molar-refractivity contribution in [2.75, 3.05) is 32.8 Å². The van der Waals surface area contributed by atoms with Gasteiger partial charge in [0.1, 0.15) is 17.6 Å². The minimum atomic E-state index is -0.793. The second-order valence-electron chi connectivity index (χ2n) is 5.36. The number of carboxylic acids is 1. The van der Waals surface area contributed by atoms with Crippen LogP contribution in [0, 0.1) is 0 Å². The fraction of sp³-hybridized carbons (Fsp3) is 0.769. The highest BCUT2D eigenvalue weighted by Gasteiger charge is 2.30. The normalized spacial score (nSPS) is 23.5. The third-order valence-electron chi connectivity index (χ3n) is 4.10. The Balaban J connectivity index is 1.67. The van der Waals surface area contributed by atoms with E-state index in [1.54, 1.807) is 0 Å². The molecular formula is C13H20N4O3. The molecular weight excluding hydrogens is 260 g/mol. The molecule has 3 heterocycles. The first-order valence-electron chi connectivity index (χ1n) is 7.20. The van der Waals surface area contributed by atoms with Crippen LogP contribution in [0.15, 0.2) is 0 Å². The number of aromatic nitrogens is 3. The van der Waals surface area contributed by atoms with Crippen molar-refractivity contribution in [1.29, 1.82) is 0 Å². The zero-order valence-electron chi connectivity index (χ0n) is 11.5. The van der Waals surface area contributed by atoms with Gasteiger partial charge in [0.05, 0.1) is 13.2 Å². The second kappa shape index (κ2) is 5.88. The molecule has 0 bridgehead atoms. The van der Waals surface area contributed by atoms with Gasteiger partial charge in [-0.3, -0.25) is 9.69 Å². The lowest BCUT2D eigenvalue weighted by Gasteiger charge is -2.26. The fourth-order valence-corrected chi connectivity index (χ4v) is 2.93. The van der Waals surface area contributed by atoms with Gasteiger partial charge in [0.25, 0.3) is 0 Å². The van der Waals surface area contributed by atoms with E-state index in [4.69, 9.17) is 4.74 Å². The monoisotopic (exact) mass is 280 g/mol. The van der Waals surface area contributed by atoms with E-state index in [0.717, 1.165) is 58.1 Å². The summed E-state index contributed by atoms with van der Waals surface area (Å²) >= 11 is 0. The molecule has 2 aliphatic heterocycles. The summed E-state index contributed by atoms with van der Waals surface area (Å²) in [7, 11) is 0. The van der Waals surface area contributed by atoms with Crippen molar-refractivity contribution < 1.29 is 14.6 Å². The Morgan fingerprint density at radius 1 is 1.30 bits per heavy atom. The Labute approximate surface area is 117 Å². The zero-order valence-corrected chi connectivity index (χ0v) is 11.5. The molecule has 1 saturated heterocycles. The summed E-state index contributed by atoms with van der Waals surface area (Å²) in [6.07, 6.45) is 2.36. The van der Waals surface area contributed by atoms with E-state index in [9.17, 15) is 9.90 Å². The van der Waals surface area contributed by atoms with Gasteiger partial charge in [-0.1, -0.05) is 0 Å². The highest BCUT2D eigenvalue weighted by Crippen LogP contribution is 2.26. The number of aliphatic carboxylic acids is 1. The minimum Gasteiger partial charge on any atom is -0.481 e. The molecule has 0 aliphatic carbocycles. The zero-order chi connectivity index (χ0) is 13.9. The van der Waals surface area contributed by atoms with E-state index >= 15 is 0 Å². The largest absolute Gasteiger partial charge is 0.481 e. The number of hydrogen-bond donors (Lipinski definition) is 1. The number of ether oxygens (including phenoxy) is 1. The summed E-state index contributed by atoms with van der Waals surface area (Å²) in [5.74, 6) is 0.254. The lowest BCUT2D eigenvalue weighted by Crippen LogP contribution is -2.37. The third kappa shape index (κ3) is 2.69. The van der Waals surface area contributed by atoms with E-state index in [1.807, 2.05) is 4.57 Å². The predicted molar refractivity (Wildman–Crippen MR) is 70.6 cm³/mol. The van der Waals surface area contributed by atoms with Gasteiger partial charge < -0.3 is 14.4 Å². The molecule has 7 heteroatoms. The maximum Gasteiger partial charge on any atom is 0.314 e. The van der Waals surface area contributed by atoms with Gasteiger partial charge in [-0.15, -0.1) is 10.2 Å². The van der Waals surface area contributed by atoms with Gasteiger partial charge in [-0.05, 0) is 12.8 Å². The van der Waals surface area contributed by atoms with Gasteiger partial charge in [0, 0.05) is 32.6 Å². The summed E-state index contributed by atoms with van der Waals surface area (Å²) in [6, 6.07) is 0. The minimum absolute atomic E-state index is 0.492. The Morgan fingerprint density at radius 2 is 2.10 bits per heavy atom. The van der Waals surface area contributed by atoms with Crippen LogP contribution in [0.4, 0.5) is 0 Å². The summed E-state index contributed by atoms with van der Waals surface area (Å²) < 4.78 is 7.33. The fourth-order valence-electron chi connectivity index (χ4n) is 2.93. The van der Waals surface area contributed by atoms with Crippen molar-refractivity contribution in [3.05, 3.63) is 11.6 Å². The van der Waals surface area contributed by atoms with Gasteiger partial charge in [0.2, 0.25) is 0 Å². The number of carbonyl (C=O) groups is 1. The van der Waals surface area contributed by atoms with Crippen LogP contribution < -0.4 is 0 Å². The van der Waals surface area contributed by atoms with Crippen molar-refractivity contribution >= 4 is 5.97 Å². The quantitative estimate of drug-likeness (QED) is 0.843. The second-order valence-corrected chi connectivity index (χ2v) is 5.36. The van der Waals surface area contributed by atoms with Crippen LogP contribution in [0.3, 0.4) is 0 Å². The van der Waals surface area contributed by atoms with Gasteiger partial charge in [-0.2, -0.15) is 0 Å².